The number of hydrogen-bond acceptors (Lipinski definition) is 4. The Morgan fingerprint density at radius 2 is 1.96 bits per heavy atom. The van der Waals surface area contributed by atoms with Gasteiger partial charge >= 0.3 is 0 Å². The zero-order valence-electron chi connectivity index (χ0n) is 13.2. The number of aryl methyl sites for hydroxylation is 1. The molecule has 0 bridgehead atoms. The highest BCUT2D eigenvalue weighted by Crippen LogP contribution is 2.20. The molecular formula is C17H20N2O4. The number of nitrogens with one attached hydrogen (secondary N) is 1. The summed E-state index contributed by atoms with van der Waals surface area (Å²) in [5.41, 5.74) is -1.10. The van der Waals surface area contributed by atoms with Crippen molar-refractivity contribution in [2.45, 2.75) is 5.60 Å². The molecule has 0 aliphatic carbocycles. The molecule has 0 saturated carbocycles. The quantitative estimate of drug-likeness (QED) is 0.820. The van der Waals surface area contributed by atoms with Crippen molar-refractivity contribution in [2.75, 3.05) is 20.3 Å². The average molecular weight is 316 g/mol. The molecule has 0 aliphatic heterocycles. The van der Waals surface area contributed by atoms with Crippen LogP contribution in [0.25, 0.3) is 0 Å². The minimum Gasteiger partial charge on any atom is -0.381 e. The molecular weight excluding hydrogens is 296 g/mol. The molecule has 1 amide bonds. The molecule has 1 aromatic carbocycles. The number of rotatable bonds is 6. The van der Waals surface area contributed by atoms with Gasteiger partial charge < -0.3 is 19.7 Å². The molecule has 2 N–H and O–H groups in total. The number of ether oxygens (including phenoxy) is 1. The third kappa shape index (κ3) is 3.85. The van der Waals surface area contributed by atoms with E-state index >= 15 is 0 Å². The van der Waals surface area contributed by atoms with Crippen molar-refractivity contribution >= 4 is 5.91 Å². The number of methoxy groups -OCH3 is 1. The number of aromatic nitrogens is 1. The van der Waals surface area contributed by atoms with E-state index in [1.165, 1.54) is 17.7 Å². The van der Waals surface area contributed by atoms with Crippen molar-refractivity contribution in [3.8, 4) is 0 Å². The fraction of sp³-hybridized carbons (Fsp3) is 0.294. The van der Waals surface area contributed by atoms with Gasteiger partial charge in [-0.2, -0.15) is 0 Å². The molecule has 1 heterocycles. The zero-order chi connectivity index (χ0) is 16.9. The fourth-order valence-corrected chi connectivity index (χ4v) is 2.32. The number of amides is 1. The number of carbonyl (C=O) groups is 1. The Morgan fingerprint density at radius 1 is 1.26 bits per heavy atom. The normalized spacial score (nSPS) is 13.3. The van der Waals surface area contributed by atoms with E-state index in [4.69, 9.17) is 4.74 Å². The third-order valence-electron chi connectivity index (χ3n) is 3.60. The number of aliphatic hydroxyl groups is 1. The van der Waals surface area contributed by atoms with Crippen LogP contribution in [0.2, 0.25) is 0 Å². The van der Waals surface area contributed by atoms with Crippen LogP contribution in [-0.4, -0.2) is 35.8 Å². The second-order valence-electron chi connectivity index (χ2n) is 5.35. The monoisotopic (exact) mass is 316 g/mol. The molecule has 1 aromatic heterocycles. The third-order valence-corrected chi connectivity index (χ3v) is 3.60. The van der Waals surface area contributed by atoms with Crippen LogP contribution in [0, 0.1) is 0 Å². The summed E-state index contributed by atoms with van der Waals surface area (Å²) in [6, 6.07) is 12.0. The van der Waals surface area contributed by atoms with Crippen molar-refractivity contribution in [1.29, 1.82) is 0 Å². The average Bonchev–Trinajstić information content (AvgIpc) is 2.56. The second kappa shape index (κ2) is 7.21. The van der Waals surface area contributed by atoms with Gasteiger partial charge in [-0.3, -0.25) is 9.59 Å². The van der Waals surface area contributed by atoms with Crippen LogP contribution in [0.3, 0.4) is 0 Å². The second-order valence-corrected chi connectivity index (χ2v) is 5.35. The molecule has 122 valence electrons. The van der Waals surface area contributed by atoms with Crippen LogP contribution in [0.4, 0.5) is 0 Å². The topological polar surface area (TPSA) is 80.6 Å². The molecule has 0 aliphatic rings. The standard InChI is InChI=1S/C17H20N2O4/c1-19-10-6-9-14(16(19)21)15(20)18-11-17(22,12-23-2)13-7-4-3-5-8-13/h3-10,22H,11-12H2,1-2H3,(H,18,20)/t17-/m1/s1. The highest BCUT2D eigenvalue weighted by atomic mass is 16.5. The van der Waals surface area contributed by atoms with Gasteiger partial charge in [-0.05, 0) is 17.7 Å². The van der Waals surface area contributed by atoms with Gasteiger partial charge in [-0.15, -0.1) is 0 Å². The van der Waals surface area contributed by atoms with E-state index in [2.05, 4.69) is 5.32 Å². The lowest BCUT2D eigenvalue weighted by Gasteiger charge is -2.28. The molecule has 0 spiro atoms. The lowest BCUT2D eigenvalue weighted by molar-refractivity contribution is -0.0334. The molecule has 2 rings (SSSR count). The van der Waals surface area contributed by atoms with E-state index < -0.39 is 11.5 Å². The van der Waals surface area contributed by atoms with E-state index in [1.807, 2.05) is 6.07 Å². The van der Waals surface area contributed by atoms with Gasteiger partial charge in [0.15, 0.2) is 0 Å². The molecule has 6 heteroatoms. The van der Waals surface area contributed by atoms with E-state index in [1.54, 1.807) is 43.6 Å². The molecule has 1 atom stereocenters. The van der Waals surface area contributed by atoms with Crippen LogP contribution < -0.4 is 10.9 Å². The Bertz CT molecular complexity index is 727. The first-order chi connectivity index (χ1) is 11.0. The molecule has 0 saturated heterocycles. The summed E-state index contributed by atoms with van der Waals surface area (Å²) >= 11 is 0. The summed E-state index contributed by atoms with van der Waals surface area (Å²) in [5, 5.41) is 13.4. The predicted octanol–water partition coefficient (Wildman–Crippen LogP) is 0.649. The Labute approximate surface area is 134 Å². The Morgan fingerprint density at radius 3 is 2.61 bits per heavy atom. The van der Waals surface area contributed by atoms with Crippen molar-refractivity contribution in [1.82, 2.24) is 9.88 Å². The van der Waals surface area contributed by atoms with E-state index in [0.717, 1.165) is 0 Å². The van der Waals surface area contributed by atoms with Gasteiger partial charge in [0, 0.05) is 20.4 Å². The minimum absolute atomic E-state index is 0.0179. The van der Waals surface area contributed by atoms with E-state index in [-0.39, 0.29) is 24.3 Å². The van der Waals surface area contributed by atoms with Gasteiger partial charge in [0.05, 0.1) is 13.2 Å². The number of nitrogens with zero attached hydrogens (tertiary/aromatic N) is 1. The predicted molar refractivity (Wildman–Crippen MR) is 86.2 cm³/mol. The SMILES string of the molecule is COC[C@](O)(CNC(=O)c1cccn(C)c1=O)c1ccccc1. The fourth-order valence-electron chi connectivity index (χ4n) is 2.32. The van der Waals surface area contributed by atoms with E-state index in [0.29, 0.717) is 5.56 Å². The Hall–Kier alpha value is -2.44. The number of pyridine rings is 1. The van der Waals surface area contributed by atoms with Crippen molar-refractivity contribution in [3.63, 3.8) is 0 Å². The zero-order valence-corrected chi connectivity index (χ0v) is 13.2. The summed E-state index contributed by atoms with van der Waals surface area (Å²) < 4.78 is 6.40. The smallest absolute Gasteiger partial charge is 0.263 e. The molecule has 6 nitrogen and oxygen atoms in total. The first-order valence-electron chi connectivity index (χ1n) is 7.18. The van der Waals surface area contributed by atoms with Gasteiger partial charge in [0.2, 0.25) is 0 Å². The lowest BCUT2D eigenvalue weighted by Crippen LogP contribution is -2.45. The summed E-state index contributed by atoms with van der Waals surface area (Å²) in [4.78, 5) is 24.2. The Balaban J connectivity index is 2.17. The first kappa shape index (κ1) is 16.9. The van der Waals surface area contributed by atoms with Gasteiger partial charge in [0.25, 0.3) is 11.5 Å². The van der Waals surface area contributed by atoms with Crippen LogP contribution in [0.1, 0.15) is 15.9 Å². The maximum absolute atomic E-state index is 12.2. The highest BCUT2D eigenvalue weighted by molar-refractivity contribution is 5.93. The summed E-state index contributed by atoms with van der Waals surface area (Å²) in [6.45, 7) is -0.0498. The maximum Gasteiger partial charge on any atom is 0.263 e. The van der Waals surface area contributed by atoms with Gasteiger partial charge in [0.1, 0.15) is 11.2 Å². The summed E-state index contributed by atoms with van der Waals surface area (Å²) in [7, 11) is 3.05. The summed E-state index contributed by atoms with van der Waals surface area (Å²) in [6.07, 6.45) is 1.57. The molecule has 23 heavy (non-hydrogen) atoms. The molecule has 0 radical (unpaired) electrons. The van der Waals surface area contributed by atoms with Crippen LogP contribution >= 0.6 is 0 Å². The maximum atomic E-state index is 12.2. The highest BCUT2D eigenvalue weighted by Gasteiger charge is 2.30. The van der Waals surface area contributed by atoms with Crippen molar-refractivity contribution < 1.29 is 14.6 Å². The van der Waals surface area contributed by atoms with Gasteiger partial charge in [-0.1, -0.05) is 30.3 Å². The minimum atomic E-state index is -1.37. The lowest BCUT2D eigenvalue weighted by atomic mass is 9.94. The van der Waals surface area contributed by atoms with Crippen LogP contribution in [-0.2, 0) is 17.4 Å². The molecule has 0 unspecified atom stereocenters. The number of carbonyl (C=O) groups excluding carboxylic acids is 1. The number of benzene rings is 1. The van der Waals surface area contributed by atoms with Gasteiger partial charge in [-0.25, -0.2) is 0 Å². The Kier molecular flexibility index (Phi) is 5.31. The van der Waals surface area contributed by atoms with Crippen LogP contribution in [0.15, 0.2) is 53.5 Å². The first-order valence-corrected chi connectivity index (χ1v) is 7.18. The largest absolute Gasteiger partial charge is 0.381 e. The van der Waals surface area contributed by atoms with Crippen molar-refractivity contribution in [3.05, 3.63) is 70.1 Å². The summed E-state index contributed by atoms with van der Waals surface area (Å²) in [5.74, 6) is -0.531. The van der Waals surface area contributed by atoms with E-state index in [9.17, 15) is 14.7 Å². The molecule has 0 fully saturated rings. The van der Waals surface area contributed by atoms with Crippen LogP contribution in [0.5, 0.6) is 0 Å². The van der Waals surface area contributed by atoms with Crippen molar-refractivity contribution in [2.24, 2.45) is 7.05 Å². The molecule has 2 aromatic rings. The number of hydrogen-bond donors (Lipinski definition) is 2.